The van der Waals surface area contributed by atoms with Crippen LogP contribution >= 0.6 is 0 Å². The first kappa shape index (κ1) is 17.8. The van der Waals surface area contributed by atoms with E-state index < -0.39 is 0 Å². The van der Waals surface area contributed by atoms with Gasteiger partial charge in [-0.3, -0.25) is 9.69 Å². The minimum absolute atomic E-state index is 0.0276. The first-order valence-electron chi connectivity index (χ1n) is 9.82. The van der Waals surface area contributed by atoms with E-state index in [0.29, 0.717) is 13.1 Å². The zero-order valence-corrected chi connectivity index (χ0v) is 16.1. The molecule has 3 aromatic rings. The van der Waals surface area contributed by atoms with E-state index in [1.54, 1.807) is 0 Å². The lowest BCUT2D eigenvalue weighted by Gasteiger charge is -2.34. The largest absolute Gasteiger partial charge is 0.454 e. The van der Waals surface area contributed by atoms with E-state index >= 15 is 0 Å². The van der Waals surface area contributed by atoms with Crippen LogP contribution in [-0.4, -0.2) is 60.3 Å². The van der Waals surface area contributed by atoms with Crippen molar-refractivity contribution in [2.75, 3.05) is 44.4 Å². The molecule has 0 saturated carbocycles. The van der Waals surface area contributed by atoms with Crippen LogP contribution in [0.3, 0.4) is 0 Å². The molecule has 5 rings (SSSR count). The predicted molar refractivity (Wildman–Crippen MR) is 109 cm³/mol. The SMILES string of the molecule is O=C(CN1CCN(c2nc3ccccc3[nH]2)CC1)NCc1ccc2c(c1)OCO2. The van der Waals surface area contributed by atoms with Crippen molar-refractivity contribution in [2.45, 2.75) is 6.54 Å². The molecule has 3 heterocycles. The zero-order chi connectivity index (χ0) is 19.6. The quantitative estimate of drug-likeness (QED) is 0.687. The zero-order valence-electron chi connectivity index (χ0n) is 16.1. The van der Waals surface area contributed by atoms with E-state index in [1.165, 1.54) is 0 Å². The normalized spacial score (nSPS) is 16.3. The molecule has 0 aliphatic carbocycles. The van der Waals surface area contributed by atoms with E-state index in [1.807, 2.05) is 42.5 Å². The number of hydrogen-bond donors (Lipinski definition) is 2. The standard InChI is InChI=1S/C21H23N5O3/c27-20(22-12-15-5-6-18-19(11-15)29-14-28-18)13-25-7-9-26(10-8-25)21-23-16-3-1-2-4-17(16)24-21/h1-6,11H,7-10,12-14H2,(H,22,27)(H,23,24). The highest BCUT2D eigenvalue weighted by Gasteiger charge is 2.21. The Labute approximate surface area is 168 Å². The Kier molecular flexibility index (Phi) is 4.69. The molecule has 8 heteroatoms. The third-order valence-corrected chi connectivity index (χ3v) is 5.34. The Hall–Kier alpha value is -3.26. The van der Waals surface area contributed by atoms with Crippen molar-refractivity contribution < 1.29 is 14.3 Å². The highest BCUT2D eigenvalue weighted by Crippen LogP contribution is 2.32. The smallest absolute Gasteiger partial charge is 0.234 e. The van der Waals surface area contributed by atoms with Crippen molar-refractivity contribution in [1.29, 1.82) is 0 Å². The van der Waals surface area contributed by atoms with Gasteiger partial charge in [0.05, 0.1) is 17.6 Å². The van der Waals surface area contributed by atoms with Crippen LogP contribution in [0.4, 0.5) is 5.95 Å². The number of hydrogen-bond acceptors (Lipinski definition) is 6. The fraction of sp³-hybridized carbons (Fsp3) is 0.333. The molecule has 2 N–H and O–H groups in total. The molecule has 0 radical (unpaired) electrons. The monoisotopic (exact) mass is 393 g/mol. The summed E-state index contributed by atoms with van der Waals surface area (Å²) in [6.45, 7) is 4.48. The Morgan fingerprint density at radius 3 is 2.76 bits per heavy atom. The Bertz CT molecular complexity index is 993. The maximum atomic E-state index is 12.3. The van der Waals surface area contributed by atoms with Gasteiger partial charge in [0.25, 0.3) is 0 Å². The van der Waals surface area contributed by atoms with Crippen LogP contribution in [-0.2, 0) is 11.3 Å². The van der Waals surface area contributed by atoms with Gasteiger partial charge in [0, 0.05) is 32.7 Å². The minimum atomic E-state index is 0.0276. The molecule has 0 atom stereocenters. The summed E-state index contributed by atoms with van der Waals surface area (Å²) in [6.07, 6.45) is 0. The van der Waals surface area contributed by atoms with Crippen LogP contribution < -0.4 is 19.7 Å². The van der Waals surface area contributed by atoms with E-state index in [4.69, 9.17) is 9.47 Å². The number of H-pyrrole nitrogens is 1. The fourth-order valence-electron chi connectivity index (χ4n) is 3.72. The van der Waals surface area contributed by atoms with Crippen molar-refractivity contribution in [2.24, 2.45) is 0 Å². The second kappa shape index (κ2) is 7.63. The summed E-state index contributed by atoms with van der Waals surface area (Å²) >= 11 is 0. The minimum Gasteiger partial charge on any atom is -0.454 e. The van der Waals surface area contributed by atoms with Crippen molar-refractivity contribution in [3.8, 4) is 11.5 Å². The average molecular weight is 393 g/mol. The molecule has 1 amide bonds. The number of benzene rings is 2. The summed E-state index contributed by atoms with van der Waals surface area (Å²) < 4.78 is 10.7. The van der Waals surface area contributed by atoms with Crippen molar-refractivity contribution >= 4 is 22.9 Å². The molecule has 0 unspecified atom stereocenters. The summed E-state index contributed by atoms with van der Waals surface area (Å²) in [7, 11) is 0. The maximum absolute atomic E-state index is 12.3. The molecule has 2 aliphatic rings. The summed E-state index contributed by atoms with van der Waals surface area (Å²) in [5, 5.41) is 2.99. The number of aromatic nitrogens is 2. The van der Waals surface area contributed by atoms with Gasteiger partial charge >= 0.3 is 0 Å². The molecular formula is C21H23N5O3. The molecule has 29 heavy (non-hydrogen) atoms. The number of piperazine rings is 1. The lowest BCUT2D eigenvalue weighted by molar-refractivity contribution is -0.122. The molecule has 1 fully saturated rings. The van der Waals surface area contributed by atoms with Crippen molar-refractivity contribution in [1.82, 2.24) is 20.2 Å². The van der Waals surface area contributed by atoms with Gasteiger partial charge in [-0.2, -0.15) is 0 Å². The number of anilines is 1. The number of nitrogens with zero attached hydrogens (tertiary/aromatic N) is 3. The van der Waals surface area contributed by atoms with Gasteiger partial charge in [-0.1, -0.05) is 18.2 Å². The van der Waals surface area contributed by atoms with Crippen molar-refractivity contribution in [3.05, 3.63) is 48.0 Å². The summed E-state index contributed by atoms with van der Waals surface area (Å²) in [4.78, 5) is 24.8. The van der Waals surface area contributed by atoms with Crippen LogP contribution in [0.2, 0.25) is 0 Å². The number of carbonyl (C=O) groups is 1. The summed E-state index contributed by atoms with van der Waals surface area (Å²) in [6, 6.07) is 13.8. The third kappa shape index (κ3) is 3.84. The van der Waals surface area contributed by atoms with Crippen LogP contribution in [0, 0.1) is 0 Å². The molecule has 1 saturated heterocycles. The topological polar surface area (TPSA) is 82.7 Å². The second-order valence-electron chi connectivity index (χ2n) is 7.31. The van der Waals surface area contributed by atoms with Gasteiger partial charge in [0.2, 0.25) is 18.6 Å². The van der Waals surface area contributed by atoms with E-state index in [9.17, 15) is 4.79 Å². The summed E-state index contributed by atoms with van der Waals surface area (Å²) in [5.74, 6) is 2.42. The van der Waals surface area contributed by atoms with Gasteiger partial charge < -0.3 is 24.7 Å². The Balaban J connectivity index is 1.10. The first-order chi connectivity index (χ1) is 14.2. The Morgan fingerprint density at radius 1 is 1.07 bits per heavy atom. The fourth-order valence-corrected chi connectivity index (χ4v) is 3.72. The highest BCUT2D eigenvalue weighted by atomic mass is 16.7. The highest BCUT2D eigenvalue weighted by molar-refractivity contribution is 5.78. The summed E-state index contributed by atoms with van der Waals surface area (Å²) in [5.41, 5.74) is 3.03. The number of nitrogens with one attached hydrogen (secondary N) is 2. The molecule has 1 aromatic heterocycles. The first-order valence-corrected chi connectivity index (χ1v) is 9.82. The molecule has 0 bridgehead atoms. The number of carbonyl (C=O) groups excluding carboxylic acids is 1. The second-order valence-corrected chi connectivity index (χ2v) is 7.31. The van der Waals surface area contributed by atoms with Crippen LogP contribution in [0.15, 0.2) is 42.5 Å². The number of ether oxygens (including phenoxy) is 2. The third-order valence-electron chi connectivity index (χ3n) is 5.34. The number of imidazole rings is 1. The van der Waals surface area contributed by atoms with Crippen LogP contribution in [0.5, 0.6) is 11.5 Å². The average Bonchev–Trinajstić information content (AvgIpc) is 3.39. The molecule has 2 aliphatic heterocycles. The number of amides is 1. The lowest BCUT2D eigenvalue weighted by Crippen LogP contribution is -2.49. The van der Waals surface area contributed by atoms with Gasteiger partial charge in [-0.05, 0) is 29.8 Å². The number of fused-ring (bicyclic) bond motifs is 2. The molecule has 0 spiro atoms. The van der Waals surface area contributed by atoms with Gasteiger partial charge in [0.1, 0.15) is 0 Å². The van der Waals surface area contributed by atoms with E-state index in [0.717, 1.165) is 60.2 Å². The van der Waals surface area contributed by atoms with Crippen molar-refractivity contribution in [3.63, 3.8) is 0 Å². The number of rotatable bonds is 5. The maximum Gasteiger partial charge on any atom is 0.234 e. The molecule has 2 aromatic carbocycles. The number of aromatic amines is 1. The van der Waals surface area contributed by atoms with E-state index in [-0.39, 0.29) is 12.7 Å². The van der Waals surface area contributed by atoms with Gasteiger partial charge in [-0.25, -0.2) is 4.98 Å². The number of para-hydroxylation sites is 2. The van der Waals surface area contributed by atoms with Crippen LogP contribution in [0.1, 0.15) is 5.56 Å². The van der Waals surface area contributed by atoms with E-state index in [2.05, 4.69) is 25.1 Å². The van der Waals surface area contributed by atoms with Gasteiger partial charge in [0.15, 0.2) is 11.5 Å². The predicted octanol–water partition coefficient (Wildman–Crippen LogP) is 1.73. The van der Waals surface area contributed by atoms with Gasteiger partial charge in [-0.15, -0.1) is 0 Å². The van der Waals surface area contributed by atoms with Crippen LogP contribution in [0.25, 0.3) is 11.0 Å². The molecule has 8 nitrogen and oxygen atoms in total. The lowest BCUT2D eigenvalue weighted by atomic mass is 10.2. The molecule has 150 valence electrons. The Morgan fingerprint density at radius 2 is 1.90 bits per heavy atom. The molecular weight excluding hydrogens is 370 g/mol.